The van der Waals surface area contributed by atoms with Crippen molar-refractivity contribution in [3.63, 3.8) is 0 Å². The van der Waals surface area contributed by atoms with Gasteiger partial charge in [-0.1, -0.05) is 13.8 Å². The average molecular weight is 279 g/mol. The third kappa shape index (κ3) is 4.53. The fourth-order valence-corrected chi connectivity index (χ4v) is 1.66. The zero-order valence-electron chi connectivity index (χ0n) is 12.3. The fraction of sp³-hybridized carbons (Fsp3) is 0.500. The minimum atomic E-state index is -1.00. The molecular formula is C14H21N3O3. The standard InChI is InChI=1S/C14H21N3O3/c1-9(2)7-15-13(18)8-17(4)12-6-5-11(14(19)20)10(3)16-12/h5-6,9H,7-8H2,1-4H3,(H,15,18)(H,19,20). The smallest absolute Gasteiger partial charge is 0.337 e. The van der Waals surface area contributed by atoms with Crippen LogP contribution in [0.4, 0.5) is 5.82 Å². The van der Waals surface area contributed by atoms with Crippen molar-refractivity contribution in [2.75, 3.05) is 25.0 Å². The molecule has 1 aromatic rings. The lowest BCUT2D eigenvalue weighted by atomic mass is 10.2. The van der Waals surface area contributed by atoms with E-state index in [2.05, 4.69) is 10.3 Å². The van der Waals surface area contributed by atoms with E-state index in [1.807, 2.05) is 13.8 Å². The maximum Gasteiger partial charge on any atom is 0.337 e. The van der Waals surface area contributed by atoms with Crippen molar-refractivity contribution in [1.82, 2.24) is 10.3 Å². The third-order valence-corrected chi connectivity index (χ3v) is 2.78. The van der Waals surface area contributed by atoms with Crippen LogP contribution in [-0.2, 0) is 4.79 Å². The first-order valence-electron chi connectivity index (χ1n) is 6.50. The molecule has 1 rings (SSSR count). The summed E-state index contributed by atoms with van der Waals surface area (Å²) < 4.78 is 0. The largest absolute Gasteiger partial charge is 0.478 e. The molecule has 2 N–H and O–H groups in total. The number of carboxylic acids is 1. The Morgan fingerprint density at radius 1 is 1.40 bits per heavy atom. The molecule has 0 aliphatic rings. The minimum Gasteiger partial charge on any atom is -0.478 e. The molecule has 1 aromatic heterocycles. The number of nitrogens with zero attached hydrogens (tertiary/aromatic N) is 2. The molecule has 0 radical (unpaired) electrons. The van der Waals surface area contributed by atoms with E-state index < -0.39 is 5.97 Å². The van der Waals surface area contributed by atoms with Gasteiger partial charge in [-0.3, -0.25) is 4.79 Å². The molecule has 6 nitrogen and oxygen atoms in total. The van der Waals surface area contributed by atoms with E-state index in [0.717, 1.165) is 0 Å². The van der Waals surface area contributed by atoms with Crippen LogP contribution < -0.4 is 10.2 Å². The number of pyridine rings is 1. The van der Waals surface area contributed by atoms with Gasteiger partial charge in [0.1, 0.15) is 5.82 Å². The monoisotopic (exact) mass is 279 g/mol. The molecule has 0 fully saturated rings. The maximum atomic E-state index is 11.7. The molecule has 0 saturated carbocycles. The normalized spacial score (nSPS) is 10.4. The number of carboxylic acid groups (broad SMARTS) is 1. The van der Waals surface area contributed by atoms with Crippen molar-refractivity contribution in [2.24, 2.45) is 5.92 Å². The number of carbonyl (C=O) groups excluding carboxylic acids is 1. The zero-order valence-corrected chi connectivity index (χ0v) is 12.3. The molecule has 0 bridgehead atoms. The Morgan fingerprint density at radius 3 is 2.55 bits per heavy atom. The molecule has 0 aliphatic carbocycles. The summed E-state index contributed by atoms with van der Waals surface area (Å²) in [5.74, 6) is -0.103. The van der Waals surface area contributed by atoms with Gasteiger partial charge in [-0.05, 0) is 25.0 Å². The van der Waals surface area contributed by atoms with E-state index in [9.17, 15) is 9.59 Å². The highest BCUT2D eigenvalue weighted by molar-refractivity contribution is 5.89. The molecule has 0 aromatic carbocycles. The van der Waals surface area contributed by atoms with E-state index in [1.165, 1.54) is 6.07 Å². The number of aryl methyl sites for hydroxylation is 1. The van der Waals surface area contributed by atoms with Crippen molar-refractivity contribution >= 4 is 17.7 Å². The minimum absolute atomic E-state index is 0.0806. The summed E-state index contributed by atoms with van der Waals surface area (Å²) in [6.45, 7) is 6.52. The predicted molar refractivity (Wildman–Crippen MR) is 77.1 cm³/mol. The predicted octanol–water partition coefficient (Wildman–Crippen LogP) is 1.30. The summed E-state index contributed by atoms with van der Waals surface area (Å²) in [6.07, 6.45) is 0. The number of anilines is 1. The van der Waals surface area contributed by atoms with Crippen LogP contribution in [0, 0.1) is 12.8 Å². The van der Waals surface area contributed by atoms with Gasteiger partial charge in [-0.25, -0.2) is 9.78 Å². The number of aromatic nitrogens is 1. The van der Waals surface area contributed by atoms with Crippen LogP contribution in [0.2, 0.25) is 0 Å². The molecule has 6 heteroatoms. The van der Waals surface area contributed by atoms with E-state index in [4.69, 9.17) is 5.11 Å². The van der Waals surface area contributed by atoms with Gasteiger partial charge in [-0.2, -0.15) is 0 Å². The maximum absolute atomic E-state index is 11.7. The van der Waals surface area contributed by atoms with Crippen molar-refractivity contribution in [3.05, 3.63) is 23.4 Å². The molecule has 0 atom stereocenters. The van der Waals surface area contributed by atoms with Crippen molar-refractivity contribution < 1.29 is 14.7 Å². The summed E-state index contributed by atoms with van der Waals surface area (Å²) in [7, 11) is 1.75. The van der Waals surface area contributed by atoms with Crippen molar-refractivity contribution in [3.8, 4) is 0 Å². The summed E-state index contributed by atoms with van der Waals surface area (Å²) in [5.41, 5.74) is 0.607. The Kier molecular flexibility index (Phi) is 5.49. The molecule has 110 valence electrons. The zero-order chi connectivity index (χ0) is 15.3. The van der Waals surface area contributed by atoms with Crippen LogP contribution in [0.1, 0.15) is 29.9 Å². The van der Waals surface area contributed by atoms with Crippen LogP contribution in [-0.4, -0.2) is 42.1 Å². The summed E-state index contributed by atoms with van der Waals surface area (Å²) >= 11 is 0. The molecule has 0 unspecified atom stereocenters. The number of hydrogen-bond acceptors (Lipinski definition) is 4. The topological polar surface area (TPSA) is 82.5 Å². The summed E-state index contributed by atoms with van der Waals surface area (Å²) in [4.78, 5) is 28.5. The third-order valence-electron chi connectivity index (χ3n) is 2.78. The average Bonchev–Trinajstić information content (AvgIpc) is 2.35. The van der Waals surface area contributed by atoms with Crippen LogP contribution in [0.5, 0.6) is 0 Å². The van der Waals surface area contributed by atoms with Gasteiger partial charge in [0, 0.05) is 13.6 Å². The first kappa shape index (κ1) is 15.9. The number of nitrogens with one attached hydrogen (secondary N) is 1. The van der Waals surface area contributed by atoms with Gasteiger partial charge in [0.05, 0.1) is 17.8 Å². The summed E-state index contributed by atoms with van der Waals surface area (Å²) in [6, 6.07) is 3.11. The van der Waals surface area contributed by atoms with Gasteiger partial charge in [0.15, 0.2) is 0 Å². The lowest BCUT2D eigenvalue weighted by Crippen LogP contribution is -2.37. The quantitative estimate of drug-likeness (QED) is 0.820. The molecule has 20 heavy (non-hydrogen) atoms. The highest BCUT2D eigenvalue weighted by Crippen LogP contribution is 2.13. The van der Waals surface area contributed by atoms with Crippen LogP contribution in [0.25, 0.3) is 0 Å². The van der Waals surface area contributed by atoms with E-state index in [-0.39, 0.29) is 18.0 Å². The summed E-state index contributed by atoms with van der Waals surface area (Å²) in [5, 5.41) is 11.8. The number of hydrogen-bond donors (Lipinski definition) is 2. The van der Waals surface area contributed by atoms with Crippen LogP contribution >= 0.6 is 0 Å². The fourth-order valence-electron chi connectivity index (χ4n) is 1.66. The molecule has 0 saturated heterocycles. The highest BCUT2D eigenvalue weighted by Gasteiger charge is 2.12. The second-order valence-corrected chi connectivity index (χ2v) is 5.16. The van der Waals surface area contributed by atoms with Crippen molar-refractivity contribution in [1.29, 1.82) is 0 Å². The first-order chi connectivity index (χ1) is 9.31. The van der Waals surface area contributed by atoms with E-state index >= 15 is 0 Å². The number of carbonyl (C=O) groups is 2. The first-order valence-corrected chi connectivity index (χ1v) is 6.50. The lowest BCUT2D eigenvalue weighted by Gasteiger charge is -2.19. The number of amides is 1. The molecule has 0 aliphatic heterocycles. The molecule has 1 amide bonds. The number of aromatic carboxylic acids is 1. The second kappa shape index (κ2) is 6.88. The number of likely N-dealkylation sites (N-methyl/N-ethyl adjacent to an activating group) is 1. The van der Waals surface area contributed by atoms with Gasteiger partial charge in [0.2, 0.25) is 5.91 Å². The lowest BCUT2D eigenvalue weighted by molar-refractivity contribution is -0.119. The Labute approximate surface area is 118 Å². The van der Waals surface area contributed by atoms with Crippen LogP contribution in [0.3, 0.4) is 0 Å². The molecule has 0 spiro atoms. The van der Waals surface area contributed by atoms with Gasteiger partial charge >= 0.3 is 5.97 Å². The Bertz CT molecular complexity index is 500. The van der Waals surface area contributed by atoms with E-state index in [1.54, 1.807) is 24.9 Å². The number of rotatable bonds is 6. The van der Waals surface area contributed by atoms with Gasteiger partial charge in [0.25, 0.3) is 0 Å². The second-order valence-electron chi connectivity index (χ2n) is 5.16. The van der Waals surface area contributed by atoms with Crippen molar-refractivity contribution in [2.45, 2.75) is 20.8 Å². The Morgan fingerprint density at radius 2 is 2.05 bits per heavy atom. The van der Waals surface area contributed by atoms with Crippen LogP contribution in [0.15, 0.2) is 12.1 Å². The highest BCUT2D eigenvalue weighted by atomic mass is 16.4. The van der Waals surface area contributed by atoms with E-state index in [0.29, 0.717) is 24.0 Å². The van der Waals surface area contributed by atoms with Gasteiger partial charge < -0.3 is 15.3 Å². The van der Waals surface area contributed by atoms with Gasteiger partial charge in [-0.15, -0.1) is 0 Å². The molecular weight excluding hydrogens is 258 g/mol. The molecule has 1 heterocycles. The Balaban J connectivity index is 2.68. The Hall–Kier alpha value is -2.11. The SMILES string of the molecule is Cc1nc(N(C)CC(=O)NCC(C)C)ccc1C(=O)O.